The summed E-state index contributed by atoms with van der Waals surface area (Å²) < 4.78 is 0. The number of carboxylic acid groups (broad SMARTS) is 1. The van der Waals surface area contributed by atoms with E-state index in [2.05, 4.69) is 9.80 Å². The lowest BCUT2D eigenvalue weighted by Gasteiger charge is -2.25. The van der Waals surface area contributed by atoms with E-state index in [4.69, 9.17) is 16.7 Å². The first-order valence-electron chi connectivity index (χ1n) is 6.05. The van der Waals surface area contributed by atoms with Gasteiger partial charge in [0.15, 0.2) is 0 Å². The Kier molecular flexibility index (Phi) is 3.97. The number of fused-ring (bicyclic) bond motifs is 1. The fourth-order valence-corrected chi connectivity index (χ4v) is 2.44. The zero-order valence-corrected chi connectivity index (χ0v) is 11.2. The predicted molar refractivity (Wildman–Crippen MR) is 73.8 cm³/mol. The zero-order valence-electron chi connectivity index (χ0n) is 10.4. The van der Waals surface area contributed by atoms with Crippen LogP contribution in [0.2, 0.25) is 5.02 Å². The van der Waals surface area contributed by atoms with Crippen LogP contribution in [0.1, 0.15) is 12.8 Å². The Morgan fingerprint density at radius 3 is 2.89 bits per heavy atom. The van der Waals surface area contributed by atoms with Crippen molar-refractivity contribution in [2.75, 3.05) is 36.5 Å². The predicted octanol–water partition coefficient (Wildman–Crippen LogP) is 2.46. The average molecular weight is 269 g/mol. The third-order valence-electron chi connectivity index (χ3n) is 3.21. The lowest BCUT2D eigenvalue weighted by atomic mass is 10.2. The summed E-state index contributed by atoms with van der Waals surface area (Å²) in [6.07, 6.45) is 1.17. The molecule has 0 amide bonds. The third kappa shape index (κ3) is 2.88. The van der Waals surface area contributed by atoms with E-state index in [1.54, 1.807) is 0 Å². The number of rotatable bonds is 3. The molecule has 98 valence electrons. The molecule has 0 saturated heterocycles. The van der Waals surface area contributed by atoms with Gasteiger partial charge in [-0.15, -0.1) is 0 Å². The summed E-state index contributed by atoms with van der Waals surface area (Å²) >= 11 is 6.03. The molecule has 0 fully saturated rings. The molecule has 0 bridgehead atoms. The number of halogens is 1. The molecular weight excluding hydrogens is 252 g/mol. The fourth-order valence-electron chi connectivity index (χ4n) is 2.27. The van der Waals surface area contributed by atoms with Crippen LogP contribution in [0.5, 0.6) is 0 Å². The van der Waals surface area contributed by atoms with E-state index in [1.165, 1.54) is 0 Å². The van der Waals surface area contributed by atoms with Crippen LogP contribution in [0.3, 0.4) is 0 Å². The molecule has 18 heavy (non-hydrogen) atoms. The summed E-state index contributed by atoms with van der Waals surface area (Å²) in [5.41, 5.74) is 2.14. The standard InChI is InChI=1S/C13H17ClN2O2/c1-15-6-2-7-16(8-5-13(17)18)11-4-3-10(14)9-12(11)15/h3-4,9H,2,5-8H2,1H3,(H,17,18). The number of benzene rings is 1. The first-order chi connectivity index (χ1) is 8.58. The van der Waals surface area contributed by atoms with Gasteiger partial charge in [0.25, 0.3) is 0 Å². The van der Waals surface area contributed by atoms with Gasteiger partial charge < -0.3 is 14.9 Å². The second-order valence-corrected chi connectivity index (χ2v) is 4.98. The van der Waals surface area contributed by atoms with Crippen LogP contribution < -0.4 is 9.80 Å². The van der Waals surface area contributed by atoms with Crippen molar-refractivity contribution >= 4 is 28.9 Å². The van der Waals surface area contributed by atoms with Gasteiger partial charge >= 0.3 is 5.97 Å². The minimum Gasteiger partial charge on any atom is -0.481 e. The molecule has 1 aliphatic rings. The Labute approximate surface area is 112 Å². The van der Waals surface area contributed by atoms with Crippen LogP contribution in [0, 0.1) is 0 Å². The molecule has 1 aliphatic heterocycles. The highest BCUT2D eigenvalue weighted by Crippen LogP contribution is 2.33. The normalized spacial score (nSPS) is 15.2. The van der Waals surface area contributed by atoms with Crippen molar-refractivity contribution in [3.8, 4) is 0 Å². The molecule has 4 nitrogen and oxygen atoms in total. The van der Waals surface area contributed by atoms with Crippen LogP contribution in [-0.4, -0.2) is 37.8 Å². The Bertz CT molecular complexity index is 451. The van der Waals surface area contributed by atoms with Crippen LogP contribution >= 0.6 is 11.6 Å². The summed E-state index contributed by atoms with van der Waals surface area (Å²) in [6, 6.07) is 5.77. The second-order valence-electron chi connectivity index (χ2n) is 4.54. The number of anilines is 2. The molecule has 0 spiro atoms. The smallest absolute Gasteiger partial charge is 0.305 e. The van der Waals surface area contributed by atoms with Crippen molar-refractivity contribution in [3.63, 3.8) is 0 Å². The molecule has 0 aromatic heterocycles. The number of hydrogen-bond donors (Lipinski definition) is 1. The van der Waals surface area contributed by atoms with Crippen molar-refractivity contribution in [2.24, 2.45) is 0 Å². The van der Waals surface area contributed by atoms with Gasteiger partial charge in [0.1, 0.15) is 0 Å². The molecule has 1 N–H and O–H groups in total. The van der Waals surface area contributed by atoms with Crippen molar-refractivity contribution in [1.82, 2.24) is 0 Å². The average Bonchev–Trinajstić information content (AvgIpc) is 2.47. The van der Waals surface area contributed by atoms with Gasteiger partial charge in [-0.2, -0.15) is 0 Å². The van der Waals surface area contributed by atoms with Crippen molar-refractivity contribution in [1.29, 1.82) is 0 Å². The highest BCUT2D eigenvalue weighted by atomic mass is 35.5. The van der Waals surface area contributed by atoms with Crippen molar-refractivity contribution in [3.05, 3.63) is 23.2 Å². The van der Waals surface area contributed by atoms with E-state index in [0.29, 0.717) is 11.6 Å². The Balaban J connectivity index is 2.28. The van der Waals surface area contributed by atoms with Gasteiger partial charge in [-0.3, -0.25) is 4.79 Å². The third-order valence-corrected chi connectivity index (χ3v) is 3.44. The molecule has 0 aliphatic carbocycles. The maximum absolute atomic E-state index is 10.7. The van der Waals surface area contributed by atoms with Crippen molar-refractivity contribution < 1.29 is 9.90 Å². The van der Waals surface area contributed by atoms with E-state index in [0.717, 1.165) is 30.9 Å². The van der Waals surface area contributed by atoms with Gasteiger partial charge in [-0.25, -0.2) is 0 Å². The van der Waals surface area contributed by atoms with Crippen molar-refractivity contribution in [2.45, 2.75) is 12.8 Å². The topological polar surface area (TPSA) is 43.8 Å². The maximum Gasteiger partial charge on any atom is 0.305 e. The van der Waals surface area contributed by atoms with Crippen LogP contribution in [-0.2, 0) is 4.79 Å². The SMILES string of the molecule is CN1CCCN(CCC(=O)O)c2ccc(Cl)cc21. The van der Waals surface area contributed by atoms with E-state index in [1.807, 2.05) is 25.2 Å². The lowest BCUT2D eigenvalue weighted by molar-refractivity contribution is -0.136. The number of hydrogen-bond acceptors (Lipinski definition) is 3. The largest absolute Gasteiger partial charge is 0.481 e. The summed E-state index contributed by atoms with van der Waals surface area (Å²) in [7, 11) is 2.04. The maximum atomic E-state index is 10.7. The van der Waals surface area contributed by atoms with Gasteiger partial charge in [0, 0.05) is 31.7 Å². The number of carboxylic acids is 1. The van der Waals surface area contributed by atoms with E-state index in [9.17, 15) is 4.79 Å². The minimum absolute atomic E-state index is 0.159. The minimum atomic E-state index is -0.761. The highest BCUT2D eigenvalue weighted by molar-refractivity contribution is 6.31. The fraction of sp³-hybridized carbons (Fsp3) is 0.462. The summed E-state index contributed by atoms with van der Waals surface area (Å²) in [5, 5.41) is 9.51. The molecule has 1 aromatic carbocycles. The van der Waals surface area contributed by atoms with Crippen LogP contribution in [0.15, 0.2) is 18.2 Å². The number of carbonyl (C=O) groups is 1. The molecule has 5 heteroatoms. The van der Waals surface area contributed by atoms with E-state index >= 15 is 0 Å². The summed E-state index contributed by atoms with van der Waals surface area (Å²) in [6.45, 7) is 2.38. The highest BCUT2D eigenvalue weighted by Gasteiger charge is 2.19. The van der Waals surface area contributed by atoms with Gasteiger partial charge in [-0.1, -0.05) is 11.6 Å². The quantitative estimate of drug-likeness (QED) is 0.915. The molecule has 0 unspecified atom stereocenters. The molecule has 0 saturated carbocycles. The molecule has 1 heterocycles. The Morgan fingerprint density at radius 2 is 2.17 bits per heavy atom. The molecular formula is C13H17ClN2O2. The van der Waals surface area contributed by atoms with Crippen LogP contribution in [0.25, 0.3) is 0 Å². The van der Waals surface area contributed by atoms with E-state index in [-0.39, 0.29) is 6.42 Å². The molecule has 1 aromatic rings. The zero-order chi connectivity index (χ0) is 13.1. The van der Waals surface area contributed by atoms with E-state index < -0.39 is 5.97 Å². The summed E-state index contributed by atoms with van der Waals surface area (Å²) in [5.74, 6) is -0.761. The first kappa shape index (κ1) is 13.0. The monoisotopic (exact) mass is 268 g/mol. The second kappa shape index (κ2) is 5.48. The van der Waals surface area contributed by atoms with Gasteiger partial charge in [0.2, 0.25) is 0 Å². The molecule has 0 radical (unpaired) electrons. The number of nitrogens with zero attached hydrogens (tertiary/aromatic N) is 2. The van der Waals surface area contributed by atoms with Gasteiger partial charge in [0.05, 0.1) is 17.8 Å². The molecule has 2 rings (SSSR count). The Morgan fingerprint density at radius 1 is 1.39 bits per heavy atom. The lowest BCUT2D eigenvalue weighted by Crippen LogP contribution is -2.26. The van der Waals surface area contributed by atoms with Crippen LogP contribution in [0.4, 0.5) is 11.4 Å². The number of aliphatic carboxylic acids is 1. The van der Waals surface area contributed by atoms with Gasteiger partial charge in [-0.05, 0) is 24.6 Å². The molecule has 0 atom stereocenters. The Hall–Kier alpha value is -1.42. The first-order valence-corrected chi connectivity index (χ1v) is 6.43. The summed E-state index contributed by atoms with van der Waals surface area (Å²) in [4.78, 5) is 15.0.